The summed E-state index contributed by atoms with van der Waals surface area (Å²) in [6.45, 7) is 14.0. The Bertz CT molecular complexity index is 1700. The maximum atomic E-state index is 13.0. The Hall–Kier alpha value is -1.94. The Morgan fingerprint density at radius 1 is 0.329 bits per heavy atom. The molecule has 0 amide bonds. The first kappa shape index (κ1) is 83.1. The summed E-state index contributed by atoms with van der Waals surface area (Å²) < 4.78 is 68.1. The van der Waals surface area contributed by atoms with Gasteiger partial charge in [0.15, 0.2) is 12.2 Å². The van der Waals surface area contributed by atoms with Crippen molar-refractivity contribution in [3.8, 4) is 0 Å². The molecule has 17 nitrogen and oxygen atoms in total. The van der Waals surface area contributed by atoms with Crippen LogP contribution in [0.25, 0.3) is 0 Å². The van der Waals surface area contributed by atoms with E-state index in [1.807, 2.05) is 0 Å². The number of aliphatic hydroxyl groups excluding tert-OH is 1. The van der Waals surface area contributed by atoms with Gasteiger partial charge in [-0.15, -0.1) is 0 Å². The summed E-state index contributed by atoms with van der Waals surface area (Å²) >= 11 is 0. The van der Waals surface area contributed by atoms with Gasteiger partial charge in [0.25, 0.3) is 0 Å². The average molecular weight is 1260 g/mol. The van der Waals surface area contributed by atoms with E-state index in [-0.39, 0.29) is 25.7 Å². The molecule has 0 heterocycles. The number of esters is 4. The van der Waals surface area contributed by atoms with Crippen molar-refractivity contribution in [2.75, 3.05) is 39.6 Å². The second kappa shape index (κ2) is 56.1. The molecule has 0 saturated heterocycles. The highest BCUT2D eigenvalue weighted by atomic mass is 31.2. The van der Waals surface area contributed by atoms with Crippen molar-refractivity contribution in [1.29, 1.82) is 0 Å². The van der Waals surface area contributed by atoms with Gasteiger partial charge in [0.2, 0.25) is 0 Å². The summed E-state index contributed by atoms with van der Waals surface area (Å²) in [5.74, 6) is 0.845. The first-order valence-electron chi connectivity index (χ1n) is 34.3. The van der Waals surface area contributed by atoms with Crippen molar-refractivity contribution < 1.29 is 80.2 Å². The van der Waals surface area contributed by atoms with Crippen LogP contribution in [0.1, 0.15) is 319 Å². The first-order chi connectivity index (χ1) is 40.7. The predicted octanol–water partition coefficient (Wildman–Crippen LogP) is 18.1. The normalized spacial score (nSPS) is 15.3. The van der Waals surface area contributed by atoms with Crippen molar-refractivity contribution in [2.45, 2.75) is 337 Å². The number of hydrogen-bond donors (Lipinski definition) is 3. The lowest BCUT2D eigenvalue weighted by Gasteiger charge is -2.21. The Kier molecular flexibility index (Phi) is 54.8. The molecule has 3 N–H and O–H groups in total. The third-order valence-corrected chi connectivity index (χ3v) is 18.1. The van der Waals surface area contributed by atoms with Gasteiger partial charge < -0.3 is 33.8 Å². The minimum absolute atomic E-state index is 0.103. The van der Waals surface area contributed by atoms with Gasteiger partial charge in [-0.1, -0.05) is 267 Å². The maximum absolute atomic E-state index is 13.0. The Balaban J connectivity index is 5.27. The summed E-state index contributed by atoms with van der Waals surface area (Å²) in [5.41, 5.74) is 0. The van der Waals surface area contributed by atoms with Crippen LogP contribution in [-0.4, -0.2) is 96.7 Å². The lowest BCUT2D eigenvalue weighted by Crippen LogP contribution is -2.30. The molecule has 0 fully saturated rings. The lowest BCUT2D eigenvalue weighted by atomic mass is 9.99. The molecule has 0 aliphatic carbocycles. The van der Waals surface area contributed by atoms with Gasteiger partial charge in [-0.25, -0.2) is 9.13 Å². The van der Waals surface area contributed by atoms with Crippen LogP contribution in [0.5, 0.6) is 0 Å². The molecule has 0 spiro atoms. The minimum atomic E-state index is -4.95. The van der Waals surface area contributed by atoms with Gasteiger partial charge in [0.05, 0.1) is 26.4 Å². The van der Waals surface area contributed by atoms with Gasteiger partial charge >= 0.3 is 39.5 Å². The number of unbranched alkanes of at least 4 members (excludes halogenated alkanes) is 26. The molecule has 0 radical (unpaired) electrons. The molecule has 0 aliphatic heterocycles. The van der Waals surface area contributed by atoms with E-state index >= 15 is 0 Å². The van der Waals surface area contributed by atoms with Gasteiger partial charge in [0, 0.05) is 25.7 Å². The molecule has 19 heteroatoms. The highest BCUT2D eigenvalue weighted by Gasteiger charge is 2.30. The fourth-order valence-corrected chi connectivity index (χ4v) is 11.3. The minimum Gasteiger partial charge on any atom is -0.462 e. The van der Waals surface area contributed by atoms with Gasteiger partial charge in [-0.3, -0.25) is 37.3 Å². The molecule has 85 heavy (non-hydrogen) atoms. The third-order valence-electron chi connectivity index (χ3n) is 16.2. The Morgan fingerprint density at radius 3 is 0.835 bits per heavy atom. The van der Waals surface area contributed by atoms with Crippen LogP contribution >= 0.6 is 15.6 Å². The average Bonchev–Trinajstić information content (AvgIpc) is 3.55. The fraction of sp³-hybridized carbons (Fsp3) is 0.939. The molecular weight excluding hydrogens is 1130 g/mol. The van der Waals surface area contributed by atoms with E-state index in [0.29, 0.717) is 25.7 Å². The number of ether oxygens (including phenoxy) is 4. The van der Waals surface area contributed by atoms with E-state index < -0.39 is 97.5 Å². The molecule has 8 atom stereocenters. The van der Waals surface area contributed by atoms with Crippen molar-refractivity contribution in [3.05, 3.63) is 0 Å². The smallest absolute Gasteiger partial charge is 0.462 e. The van der Waals surface area contributed by atoms with Crippen LogP contribution in [0.3, 0.4) is 0 Å². The summed E-state index contributed by atoms with van der Waals surface area (Å²) in [6, 6.07) is 0. The Morgan fingerprint density at radius 2 is 0.565 bits per heavy atom. The largest absolute Gasteiger partial charge is 0.472 e. The zero-order chi connectivity index (χ0) is 63.2. The van der Waals surface area contributed by atoms with E-state index in [1.165, 1.54) is 109 Å². The quantitative estimate of drug-likeness (QED) is 0.0222. The van der Waals surface area contributed by atoms with Gasteiger partial charge in [-0.2, -0.15) is 0 Å². The van der Waals surface area contributed by atoms with Crippen molar-refractivity contribution in [2.24, 2.45) is 23.7 Å². The lowest BCUT2D eigenvalue weighted by molar-refractivity contribution is -0.161. The zero-order valence-electron chi connectivity index (χ0n) is 55.2. The monoisotopic (exact) mass is 1250 g/mol. The molecular formula is C66H128O17P2. The molecule has 0 saturated carbocycles. The molecule has 0 aromatic rings. The summed E-state index contributed by atoms with van der Waals surface area (Å²) in [4.78, 5) is 72.3. The van der Waals surface area contributed by atoms with Crippen molar-refractivity contribution in [1.82, 2.24) is 0 Å². The molecule has 0 aromatic carbocycles. The molecule has 0 aromatic heterocycles. The van der Waals surface area contributed by atoms with Crippen LogP contribution in [-0.2, 0) is 65.4 Å². The fourth-order valence-electron chi connectivity index (χ4n) is 9.69. The molecule has 0 rings (SSSR count). The van der Waals surface area contributed by atoms with E-state index in [9.17, 15) is 43.2 Å². The van der Waals surface area contributed by atoms with Crippen LogP contribution in [0, 0.1) is 23.7 Å². The SMILES string of the molecule is CCC(C)CCCCCCCCCCCCC(=O)O[C@H](COC(=O)CCCCCCCCC(C)CC)COP(=O)(O)OC[C@H](O)COP(=O)(O)OC[C@@H](COC(=O)CCCCCCCCC(C)CC)OC(=O)CCCCCCCCCCC(C)C. The highest BCUT2D eigenvalue weighted by Crippen LogP contribution is 2.45. The molecule has 5 unspecified atom stereocenters. The highest BCUT2D eigenvalue weighted by molar-refractivity contribution is 7.47. The second-order valence-electron chi connectivity index (χ2n) is 25.1. The molecule has 504 valence electrons. The number of rotatable bonds is 63. The summed E-state index contributed by atoms with van der Waals surface area (Å²) in [5, 5.41) is 10.6. The number of carbonyl (C=O) groups is 4. The van der Waals surface area contributed by atoms with Gasteiger partial charge in [0.1, 0.15) is 19.3 Å². The van der Waals surface area contributed by atoms with Crippen LogP contribution in [0.2, 0.25) is 0 Å². The van der Waals surface area contributed by atoms with Crippen LogP contribution < -0.4 is 0 Å². The number of phosphoric acid groups is 2. The van der Waals surface area contributed by atoms with Crippen molar-refractivity contribution in [3.63, 3.8) is 0 Å². The number of hydrogen-bond acceptors (Lipinski definition) is 15. The van der Waals surface area contributed by atoms with Crippen LogP contribution in [0.15, 0.2) is 0 Å². The zero-order valence-corrected chi connectivity index (χ0v) is 57.0. The maximum Gasteiger partial charge on any atom is 0.472 e. The molecule has 0 bridgehead atoms. The molecule has 0 aliphatic rings. The summed E-state index contributed by atoms with van der Waals surface area (Å²) in [7, 11) is -9.89. The predicted molar refractivity (Wildman–Crippen MR) is 340 cm³/mol. The van der Waals surface area contributed by atoms with E-state index in [2.05, 4.69) is 55.4 Å². The van der Waals surface area contributed by atoms with E-state index in [1.54, 1.807) is 0 Å². The van der Waals surface area contributed by atoms with E-state index in [0.717, 1.165) is 126 Å². The first-order valence-corrected chi connectivity index (χ1v) is 37.3. The number of carbonyl (C=O) groups excluding carboxylic acids is 4. The van der Waals surface area contributed by atoms with Crippen molar-refractivity contribution >= 4 is 39.5 Å². The second-order valence-corrected chi connectivity index (χ2v) is 28.0. The number of aliphatic hydroxyl groups is 1. The Labute approximate surface area is 517 Å². The van der Waals surface area contributed by atoms with Crippen LogP contribution in [0.4, 0.5) is 0 Å². The number of phosphoric ester groups is 2. The standard InChI is InChI=1S/C66H128O17P2/c1-9-57(6)43-35-27-19-14-12-13-15-20-32-40-48-65(70)82-61(52-76-63(68)46-38-30-24-22-28-36-44-58(7)10-2)54-80-84(72,73)78-50-60(67)51-79-85(74,75)81-55-62(53-77-64(69)47-39-31-25-23-29-37-45-59(8)11-3)83-66(71)49-41-33-21-17-16-18-26-34-42-56(4)5/h56-62,67H,9-55H2,1-8H3,(H,72,73)(H,74,75)/t57?,58?,59?,60-,61+,62+/m0/s1. The third kappa shape index (κ3) is 57.0. The topological polar surface area (TPSA) is 237 Å². The van der Waals surface area contributed by atoms with Gasteiger partial charge in [-0.05, 0) is 49.4 Å². The van der Waals surface area contributed by atoms with E-state index in [4.69, 9.17) is 37.0 Å². The summed E-state index contributed by atoms with van der Waals surface area (Å²) in [6.07, 6.45) is 36.2.